The third-order valence-corrected chi connectivity index (χ3v) is 5.88. The summed E-state index contributed by atoms with van der Waals surface area (Å²) in [5.41, 5.74) is 5.39. The van der Waals surface area contributed by atoms with Gasteiger partial charge in [-0.1, -0.05) is 0 Å². The number of sulfonamides is 1. The Bertz CT molecular complexity index is 526. The highest BCUT2D eigenvalue weighted by Gasteiger charge is 2.21. The number of hydrogen-bond donors (Lipinski definition) is 2. The fourth-order valence-corrected chi connectivity index (χ4v) is 4.50. The van der Waals surface area contributed by atoms with Crippen LogP contribution in [0.4, 0.5) is 0 Å². The van der Waals surface area contributed by atoms with Crippen LogP contribution < -0.4 is 15.2 Å². The van der Waals surface area contributed by atoms with Gasteiger partial charge >= 0.3 is 0 Å². The molecule has 1 saturated heterocycles. The van der Waals surface area contributed by atoms with E-state index in [4.69, 9.17) is 10.5 Å². The number of hydrogen-bond acceptors (Lipinski definition) is 5. The number of ether oxygens (including phenoxy) is 1. The lowest BCUT2D eigenvalue weighted by molar-refractivity contribution is 0.313. The lowest BCUT2D eigenvalue weighted by Crippen LogP contribution is -2.37. The minimum atomic E-state index is -3.44. The molecule has 118 valence electrons. The van der Waals surface area contributed by atoms with Gasteiger partial charge in [-0.3, -0.25) is 0 Å². The molecule has 3 N–H and O–H groups in total. The van der Waals surface area contributed by atoms with E-state index in [9.17, 15) is 8.42 Å². The Kier molecular flexibility index (Phi) is 6.35. The Morgan fingerprint density at radius 3 is 2.52 bits per heavy atom. The molecule has 0 aliphatic carbocycles. The summed E-state index contributed by atoms with van der Waals surface area (Å²) in [5, 5.41) is 0. The van der Waals surface area contributed by atoms with Crippen molar-refractivity contribution in [1.29, 1.82) is 0 Å². The van der Waals surface area contributed by atoms with Gasteiger partial charge in [0, 0.05) is 6.04 Å². The maximum absolute atomic E-state index is 12.3. The van der Waals surface area contributed by atoms with Crippen LogP contribution in [-0.2, 0) is 10.0 Å². The highest BCUT2D eigenvalue weighted by molar-refractivity contribution is 7.99. The summed E-state index contributed by atoms with van der Waals surface area (Å²) in [6.45, 7) is 1.12. The zero-order valence-electron chi connectivity index (χ0n) is 12.0. The van der Waals surface area contributed by atoms with E-state index in [0.29, 0.717) is 18.9 Å². The van der Waals surface area contributed by atoms with Crippen molar-refractivity contribution >= 4 is 21.8 Å². The summed E-state index contributed by atoms with van der Waals surface area (Å²) in [6.07, 6.45) is 2.57. The Morgan fingerprint density at radius 2 is 1.90 bits per heavy atom. The van der Waals surface area contributed by atoms with Gasteiger partial charge in [0.15, 0.2) is 0 Å². The van der Waals surface area contributed by atoms with Gasteiger partial charge in [0.2, 0.25) is 10.0 Å². The first-order valence-corrected chi connectivity index (χ1v) is 9.78. The van der Waals surface area contributed by atoms with Gasteiger partial charge in [0.1, 0.15) is 5.75 Å². The van der Waals surface area contributed by atoms with E-state index in [0.717, 1.165) is 30.8 Å². The molecule has 0 amide bonds. The highest BCUT2D eigenvalue weighted by Crippen LogP contribution is 2.20. The molecule has 1 heterocycles. The maximum atomic E-state index is 12.3. The SMILES string of the molecule is NCCCOc1ccc(S(=O)(=O)NC2CCSCC2)cc1. The van der Waals surface area contributed by atoms with Crippen molar-refractivity contribution in [3.05, 3.63) is 24.3 Å². The largest absolute Gasteiger partial charge is 0.494 e. The van der Waals surface area contributed by atoms with E-state index < -0.39 is 10.0 Å². The van der Waals surface area contributed by atoms with Crippen LogP contribution in [0.15, 0.2) is 29.2 Å². The van der Waals surface area contributed by atoms with Gasteiger partial charge in [-0.15, -0.1) is 0 Å². The van der Waals surface area contributed by atoms with Crippen LogP contribution >= 0.6 is 11.8 Å². The summed E-state index contributed by atoms with van der Waals surface area (Å²) >= 11 is 1.87. The van der Waals surface area contributed by atoms with Crippen molar-refractivity contribution in [3.8, 4) is 5.75 Å². The summed E-state index contributed by atoms with van der Waals surface area (Å²) < 4.78 is 32.8. The second-order valence-corrected chi connectivity index (χ2v) is 7.91. The van der Waals surface area contributed by atoms with E-state index in [2.05, 4.69) is 4.72 Å². The van der Waals surface area contributed by atoms with Gasteiger partial charge < -0.3 is 10.5 Å². The molecule has 0 saturated carbocycles. The molecule has 1 aliphatic heterocycles. The second kappa shape index (κ2) is 8.03. The summed E-state index contributed by atoms with van der Waals surface area (Å²) in [5.74, 6) is 2.69. The first kappa shape index (κ1) is 16.6. The molecule has 1 aromatic rings. The highest BCUT2D eigenvalue weighted by atomic mass is 32.2. The molecule has 0 radical (unpaired) electrons. The second-order valence-electron chi connectivity index (χ2n) is 4.97. The van der Waals surface area contributed by atoms with Crippen molar-refractivity contribution in [3.63, 3.8) is 0 Å². The van der Waals surface area contributed by atoms with Gasteiger partial charge in [0.05, 0.1) is 11.5 Å². The molecular formula is C14H22N2O3S2. The Labute approximate surface area is 130 Å². The van der Waals surface area contributed by atoms with Crippen LogP contribution in [0, 0.1) is 0 Å². The van der Waals surface area contributed by atoms with E-state index >= 15 is 0 Å². The number of benzene rings is 1. The molecule has 5 nitrogen and oxygen atoms in total. The number of nitrogens with two attached hydrogens (primary N) is 1. The van der Waals surface area contributed by atoms with Crippen LogP contribution in [0.1, 0.15) is 19.3 Å². The van der Waals surface area contributed by atoms with Crippen molar-refractivity contribution in [1.82, 2.24) is 4.72 Å². The fourth-order valence-electron chi connectivity index (χ4n) is 2.09. The molecule has 0 spiro atoms. The number of nitrogens with one attached hydrogen (secondary N) is 1. The van der Waals surface area contributed by atoms with E-state index in [1.165, 1.54) is 0 Å². The monoisotopic (exact) mass is 330 g/mol. The molecule has 0 bridgehead atoms. The van der Waals surface area contributed by atoms with E-state index in [1.54, 1.807) is 24.3 Å². The van der Waals surface area contributed by atoms with Crippen molar-refractivity contribution in [2.75, 3.05) is 24.7 Å². The maximum Gasteiger partial charge on any atom is 0.240 e. The average Bonchev–Trinajstić information content (AvgIpc) is 2.49. The molecule has 21 heavy (non-hydrogen) atoms. The van der Waals surface area contributed by atoms with Crippen molar-refractivity contribution < 1.29 is 13.2 Å². The Morgan fingerprint density at radius 1 is 1.24 bits per heavy atom. The molecule has 2 rings (SSSR count). The summed E-state index contributed by atoms with van der Waals surface area (Å²) in [6, 6.07) is 6.58. The molecule has 0 aromatic heterocycles. The molecule has 0 atom stereocenters. The Hall–Kier alpha value is -0.760. The predicted molar refractivity (Wildman–Crippen MR) is 86.3 cm³/mol. The average molecular weight is 330 g/mol. The lowest BCUT2D eigenvalue weighted by atomic mass is 10.2. The first-order valence-electron chi connectivity index (χ1n) is 7.15. The summed E-state index contributed by atoms with van der Waals surface area (Å²) in [4.78, 5) is 0.284. The normalized spacial score (nSPS) is 16.8. The lowest BCUT2D eigenvalue weighted by Gasteiger charge is -2.22. The van der Waals surface area contributed by atoms with Crippen LogP contribution in [-0.4, -0.2) is 39.1 Å². The predicted octanol–water partition coefficient (Wildman–Crippen LogP) is 1.59. The molecule has 0 unspecified atom stereocenters. The minimum Gasteiger partial charge on any atom is -0.494 e. The van der Waals surface area contributed by atoms with Gasteiger partial charge in [-0.25, -0.2) is 13.1 Å². The van der Waals surface area contributed by atoms with Crippen LogP contribution in [0.25, 0.3) is 0 Å². The smallest absolute Gasteiger partial charge is 0.240 e. The molecular weight excluding hydrogens is 308 g/mol. The zero-order valence-corrected chi connectivity index (χ0v) is 13.6. The molecule has 1 aromatic carbocycles. The van der Waals surface area contributed by atoms with Crippen molar-refractivity contribution in [2.45, 2.75) is 30.2 Å². The Balaban J connectivity index is 1.95. The van der Waals surface area contributed by atoms with Gasteiger partial charge in [-0.05, 0) is 61.6 Å². The first-order chi connectivity index (χ1) is 10.1. The van der Waals surface area contributed by atoms with E-state index in [1.807, 2.05) is 11.8 Å². The van der Waals surface area contributed by atoms with Crippen LogP contribution in [0.3, 0.4) is 0 Å². The molecule has 1 aliphatic rings. The zero-order chi connectivity index (χ0) is 15.1. The number of thioether (sulfide) groups is 1. The van der Waals surface area contributed by atoms with Gasteiger partial charge in [-0.2, -0.15) is 11.8 Å². The topological polar surface area (TPSA) is 81.4 Å². The number of rotatable bonds is 7. The third kappa shape index (κ3) is 5.18. The fraction of sp³-hybridized carbons (Fsp3) is 0.571. The van der Waals surface area contributed by atoms with Crippen LogP contribution in [0.2, 0.25) is 0 Å². The molecule has 7 heteroatoms. The van der Waals surface area contributed by atoms with E-state index in [-0.39, 0.29) is 10.9 Å². The molecule has 1 fully saturated rings. The third-order valence-electron chi connectivity index (χ3n) is 3.29. The minimum absolute atomic E-state index is 0.0525. The van der Waals surface area contributed by atoms with Gasteiger partial charge in [0.25, 0.3) is 0 Å². The summed E-state index contributed by atoms with van der Waals surface area (Å²) in [7, 11) is -3.44. The van der Waals surface area contributed by atoms with Crippen LogP contribution in [0.5, 0.6) is 5.75 Å². The quantitative estimate of drug-likeness (QED) is 0.742. The van der Waals surface area contributed by atoms with Crippen molar-refractivity contribution in [2.24, 2.45) is 5.73 Å². The standard InChI is InChI=1S/C14H22N2O3S2/c15-8-1-9-19-13-2-4-14(5-3-13)21(17,18)16-12-6-10-20-11-7-12/h2-5,12,16H,1,6-11,15H2.